The van der Waals surface area contributed by atoms with Gasteiger partial charge in [0, 0.05) is 0 Å². The van der Waals surface area contributed by atoms with Gasteiger partial charge >= 0.3 is 0 Å². The van der Waals surface area contributed by atoms with E-state index in [1.54, 1.807) is 17.8 Å². The van der Waals surface area contributed by atoms with Gasteiger partial charge in [0.05, 0.1) is 32.9 Å². The summed E-state index contributed by atoms with van der Waals surface area (Å²) in [6.45, 7) is 3.96. The molecular formula is C19H16N4OS. The Kier molecular flexibility index (Phi) is 3.97. The van der Waals surface area contributed by atoms with E-state index >= 15 is 0 Å². The fourth-order valence-corrected chi connectivity index (χ4v) is 3.63. The van der Waals surface area contributed by atoms with Gasteiger partial charge in [-0.15, -0.1) is 0 Å². The number of nitrogens with one attached hydrogen (secondary N) is 1. The van der Waals surface area contributed by atoms with Crippen molar-refractivity contribution in [1.29, 1.82) is 0 Å². The molecule has 0 fully saturated rings. The number of aromatic nitrogens is 4. The predicted molar refractivity (Wildman–Crippen MR) is 101 cm³/mol. The molecule has 2 heterocycles. The molecule has 0 aliphatic carbocycles. The summed E-state index contributed by atoms with van der Waals surface area (Å²) in [5.74, 6) is 0.642. The molecule has 4 rings (SSSR count). The second-order valence-electron chi connectivity index (χ2n) is 5.83. The van der Waals surface area contributed by atoms with E-state index in [0.29, 0.717) is 16.7 Å². The first-order valence-electron chi connectivity index (χ1n) is 8.01. The largest absolute Gasteiger partial charge is 0.309 e. The Balaban J connectivity index is 1.71. The second kappa shape index (κ2) is 6.29. The number of H-pyrrole nitrogens is 1. The van der Waals surface area contributed by atoms with Crippen molar-refractivity contribution in [2.45, 2.75) is 24.1 Å². The minimum atomic E-state index is -0.116. The molecule has 0 spiro atoms. The molecular weight excluding hydrogens is 332 g/mol. The van der Waals surface area contributed by atoms with Gasteiger partial charge < -0.3 is 4.98 Å². The maximum absolute atomic E-state index is 12.3. The first kappa shape index (κ1) is 15.8. The monoisotopic (exact) mass is 348 g/mol. The van der Waals surface area contributed by atoms with Crippen LogP contribution in [0.15, 0.2) is 58.4 Å². The van der Waals surface area contributed by atoms with Crippen LogP contribution in [0, 0.1) is 6.92 Å². The minimum absolute atomic E-state index is 0.0496. The summed E-state index contributed by atoms with van der Waals surface area (Å²) in [5.41, 5.74) is 3.21. The van der Waals surface area contributed by atoms with E-state index in [1.807, 2.05) is 56.3 Å². The third-order valence-electron chi connectivity index (χ3n) is 4.01. The van der Waals surface area contributed by atoms with Crippen LogP contribution in [0.25, 0.3) is 21.9 Å². The Hall–Kier alpha value is -2.73. The van der Waals surface area contributed by atoms with Crippen LogP contribution in [-0.4, -0.2) is 19.9 Å². The van der Waals surface area contributed by atoms with E-state index in [-0.39, 0.29) is 10.8 Å². The standard InChI is InChI=1S/C19H16N4OS/c1-11-19(22-16-10-6-5-9-15(16)20-11)25-12(2)17-21-14-8-4-3-7-13(14)18(24)23-17/h3-10,12H,1-2H3,(H,21,23,24). The summed E-state index contributed by atoms with van der Waals surface area (Å²) in [6, 6.07) is 15.2. The van der Waals surface area contributed by atoms with Crippen LogP contribution in [0.5, 0.6) is 0 Å². The molecule has 5 nitrogen and oxygen atoms in total. The minimum Gasteiger partial charge on any atom is -0.309 e. The molecule has 6 heteroatoms. The van der Waals surface area contributed by atoms with Gasteiger partial charge in [0.1, 0.15) is 10.9 Å². The molecule has 1 N–H and O–H groups in total. The maximum atomic E-state index is 12.3. The molecule has 2 aromatic heterocycles. The van der Waals surface area contributed by atoms with Crippen molar-refractivity contribution in [3.05, 3.63) is 70.4 Å². The molecule has 1 atom stereocenters. The molecule has 0 aliphatic heterocycles. The SMILES string of the molecule is Cc1nc2ccccc2nc1SC(C)c1nc2ccccc2c(=O)[nH]1. The van der Waals surface area contributed by atoms with Crippen molar-refractivity contribution in [1.82, 2.24) is 19.9 Å². The number of aryl methyl sites for hydroxylation is 1. The van der Waals surface area contributed by atoms with E-state index in [4.69, 9.17) is 4.98 Å². The van der Waals surface area contributed by atoms with Gasteiger partial charge in [-0.25, -0.2) is 15.0 Å². The first-order valence-corrected chi connectivity index (χ1v) is 8.89. The van der Waals surface area contributed by atoms with Crippen molar-refractivity contribution in [3.8, 4) is 0 Å². The zero-order valence-corrected chi connectivity index (χ0v) is 14.7. The predicted octanol–water partition coefficient (Wildman–Crippen LogP) is 4.03. The molecule has 4 aromatic rings. The van der Waals surface area contributed by atoms with Crippen LogP contribution >= 0.6 is 11.8 Å². The smallest absolute Gasteiger partial charge is 0.258 e. The number of thioether (sulfide) groups is 1. The Labute approximate surface area is 148 Å². The number of benzene rings is 2. The van der Waals surface area contributed by atoms with Crippen molar-refractivity contribution in [2.75, 3.05) is 0 Å². The summed E-state index contributed by atoms with van der Waals surface area (Å²) in [6.07, 6.45) is 0. The highest BCUT2D eigenvalue weighted by atomic mass is 32.2. The fourth-order valence-electron chi connectivity index (χ4n) is 2.70. The Morgan fingerprint density at radius 3 is 2.32 bits per heavy atom. The third-order valence-corrected chi connectivity index (χ3v) is 5.19. The highest BCUT2D eigenvalue weighted by molar-refractivity contribution is 7.99. The van der Waals surface area contributed by atoms with E-state index < -0.39 is 0 Å². The lowest BCUT2D eigenvalue weighted by Crippen LogP contribution is -2.12. The second-order valence-corrected chi connectivity index (χ2v) is 7.16. The molecule has 0 amide bonds. The summed E-state index contributed by atoms with van der Waals surface area (Å²) >= 11 is 1.55. The molecule has 0 saturated carbocycles. The highest BCUT2D eigenvalue weighted by Gasteiger charge is 2.15. The van der Waals surface area contributed by atoms with Crippen LogP contribution in [0.3, 0.4) is 0 Å². The van der Waals surface area contributed by atoms with Crippen LogP contribution in [0.2, 0.25) is 0 Å². The third kappa shape index (κ3) is 3.00. The van der Waals surface area contributed by atoms with Gasteiger partial charge in [-0.1, -0.05) is 36.0 Å². The Morgan fingerprint density at radius 1 is 0.920 bits per heavy atom. The van der Waals surface area contributed by atoms with Crippen LogP contribution < -0.4 is 5.56 Å². The number of fused-ring (bicyclic) bond motifs is 2. The van der Waals surface area contributed by atoms with Crippen molar-refractivity contribution in [2.24, 2.45) is 0 Å². The molecule has 1 unspecified atom stereocenters. The number of nitrogens with zero attached hydrogens (tertiary/aromatic N) is 3. The Bertz CT molecular complexity index is 1140. The first-order chi connectivity index (χ1) is 12.1. The van der Waals surface area contributed by atoms with E-state index in [1.165, 1.54) is 0 Å². The summed E-state index contributed by atoms with van der Waals surface area (Å²) < 4.78 is 0. The number of rotatable bonds is 3. The lowest BCUT2D eigenvalue weighted by atomic mass is 10.2. The zero-order valence-electron chi connectivity index (χ0n) is 13.9. The van der Waals surface area contributed by atoms with Crippen LogP contribution in [0.4, 0.5) is 0 Å². The van der Waals surface area contributed by atoms with E-state index in [2.05, 4.69) is 15.0 Å². The normalized spacial score (nSPS) is 12.6. The van der Waals surface area contributed by atoms with Crippen molar-refractivity contribution >= 4 is 33.7 Å². The molecule has 2 aromatic carbocycles. The van der Waals surface area contributed by atoms with Crippen LogP contribution in [-0.2, 0) is 0 Å². The van der Waals surface area contributed by atoms with Gasteiger partial charge in [0.15, 0.2) is 0 Å². The van der Waals surface area contributed by atoms with Gasteiger partial charge in [-0.2, -0.15) is 0 Å². The zero-order chi connectivity index (χ0) is 17.4. The lowest BCUT2D eigenvalue weighted by molar-refractivity contribution is 0.914. The van der Waals surface area contributed by atoms with E-state index in [0.717, 1.165) is 21.8 Å². The number of hydrogen-bond donors (Lipinski definition) is 1. The highest BCUT2D eigenvalue weighted by Crippen LogP contribution is 2.34. The van der Waals surface area contributed by atoms with Crippen LogP contribution in [0.1, 0.15) is 23.7 Å². The molecule has 0 aliphatic rings. The fraction of sp³-hybridized carbons (Fsp3) is 0.158. The average Bonchev–Trinajstić information content (AvgIpc) is 2.62. The van der Waals surface area contributed by atoms with Gasteiger partial charge in [0.2, 0.25) is 0 Å². The quantitative estimate of drug-likeness (QED) is 0.566. The van der Waals surface area contributed by atoms with Crippen molar-refractivity contribution in [3.63, 3.8) is 0 Å². The molecule has 0 saturated heterocycles. The summed E-state index contributed by atoms with van der Waals surface area (Å²) in [4.78, 5) is 29.1. The maximum Gasteiger partial charge on any atom is 0.258 e. The van der Waals surface area contributed by atoms with Gasteiger partial charge in [-0.05, 0) is 38.1 Å². The lowest BCUT2D eigenvalue weighted by Gasteiger charge is -2.12. The summed E-state index contributed by atoms with van der Waals surface area (Å²) in [7, 11) is 0. The molecule has 0 bridgehead atoms. The van der Waals surface area contributed by atoms with Crippen molar-refractivity contribution < 1.29 is 0 Å². The number of para-hydroxylation sites is 3. The number of aromatic amines is 1. The molecule has 0 radical (unpaired) electrons. The van der Waals surface area contributed by atoms with E-state index in [9.17, 15) is 4.79 Å². The van der Waals surface area contributed by atoms with Gasteiger partial charge in [-0.3, -0.25) is 4.79 Å². The van der Waals surface area contributed by atoms with Gasteiger partial charge in [0.25, 0.3) is 5.56 Å². The number of hydrogen-bond acceptors (Lipinski definition) is 5. The Morgan fingerprint density at radius 2 is 1.56 bits per heavy atom. The average molecular weight is 348 g/mol. The molecule has 124 valence electrons. The summed E-state index contributed by atoms with van der Waals surface area (Å²) in [5, 5.41) is 1.40. The topological polar surface area (TPSA) is 71.5 Å². The molecule has 25 heavy (non-hydrogen) atoms.